The highest BCUT2D eigenvalue weighted by Gasteiger charge is 2.26. The van der Waals surface area contributed by atoms with E-state index in [2.05, 4.69) is 49.4 Å². The summed E-state index contributed by atoms with van der Waals surface area (Å²) >= 11 is 0. The minimum Gasteiger partial charge on any atom is -0.459 e. The van der Waals surface area contributed by atoms with Crippen LogP contribution in [0.1, 0.15) is 105 Å². The minimum absolute atomic E-state index is 0.0300. The van der Waals surface area contributed by atoms with Crippen molar-refractivity contribution in [2.45, 2.75) is 95.7 Å². The minimum atomic E-state index is -0.181. The molecule has 3 nitrogen and oxygen atoms in total. The van der Waals surface area contributed by atoms with Gasteiger partial charge in [-0.25, -0.2) is 4.79 Å². The molecule has 0 amide bonds. The molecule has 0 spiro atoms. The molecule has 3 heteroatoms. The largest absolute Gasteiger partial charge is 0.459 e. The van der Waals surface area contributed by atoms with Gasteiger partial charge < -0.3 is 9.47 Å². The number of carbonyl (C=O) groups is 1. The van der Waals surface area contributed by atoms with Crippen LogP contribution in [0.25, 0.3) is 0 Å². The van der Waals surface area contributed by atoms with Crippen LogP contribution in [0.15, 0.2) is 54.6 Å². The summed E-state index contributed by atoms with van der Waals surface area (Å²) in [4.78, 5) is 12.6. The van der Waals surface area contributed by atoms with E-state index in [-0.39, 0.29) is 12.1 Å². The molecule has 0 heterocycles. The second kappa shape index (κ2) is 11.8. The maximum Gasteiger partial charge on any atom is 0.338 e. The van der Waals surface area contributed by atoms with Crippen molar-refractivity contribution in [1.29, 1.82) is 0 Å². The van der Waals surface area contributed by atoms with Crippen molar-refractivity contribution in [2.75, 3.05) is 6.61 Å². The van der Waals surface area contributed by atoms with Gasteiger partial charge >= 0.3 is 5.97 Å². The quantitative estimate of drug-likeness (QED) is 0.389. The third-order valence-electron chi connectivity index (χ3n) is 7.82. The maximum absolute atomic E-state index is 12.6. The number of rotatable bonds is 8. The summed E-state index contributed by atoms with van der Waals surface area (Å²) in [5, 5.41) is 0. The zero-order valence-electron chi connectivity index (χ0n) is 20.4. The average Bonchev–Trinajstić information content (AvgIpc) is 2.86. The molecule has 2 aliphatic rings. The van der Waals surface area contributed by atoms with Crippen LogP contribution in [0.3, 0.4) is 0 Å². The number of ether oxygens (including phenoxy) is 2. The van der Waals surface area contributed by atoms with E-state index in [0.29, 0.717) is 23.5 Å². The van der Waals surface area contributed by atoms with E-state index >= 15 is 0 Å². The Kier molecular flexibility index (Phi) is 8.61. The molecule has 0 aliphatic heterocycles. The van der Waals surface area contributed by atoms with E-state index < -0.39 is 0 Å². The molecule has 2 aromatic carbocycles. The van der Waals surface area contributed by atoms with Gasteiger partial charge in [0, 0.05) is 6.61 Å². The summed E-state index contributed by atoms with van der Waals surface area (Å²) in [5.74, 6) is 1.89. The van der Waals surface area contributed by atoms with Crippen LogP contribution in [0.4, 0.5) is 0 Å². The standard InChI is InChI=1S/C30H40O3/c1-3-32-28-17-19-29(20-18-28)33-30(31)27-15-13-26(14-16-27)25-11-9-23(10-12-25)21-22(2)24-7-5-4-6-8-24/h4-8,13-16,22-23,25,28-29H,3,9-12,17-21H2,1-2H3/t22-,23?,25?,28?,29?/m0/s1. The molecule has 2 saturated carbocycles. The van der Waals surface area contributed by atoms with Gasteiger partial charge in [0.15, 0.2) is 0 Å². The molecule has 4 rings (SSSR count). The predicted molar refractivity (Wildman–Crippen MR) is 134 cm³/mol. The molecular formula is C30H40O3. The second-order valence-electron chi connectivity index (χ2n) is 10.1. The predicted octanol–water partition coefficient (Wildman–Crippen LogP) is 7.66. The summed E-state index contributed by atoms with van der Waals surface area (Å²) < 4.78 is 11.5. The van der Waals surface area contributed by atoms with Gasteiger partial charge in [-0.2, -0.15) is 0 Å². The fourth-order valence-electron chi connectivity index (χ4n) is 5.81. The first-order valence-corrected chi connectivity index (χ1v) is 13.1. The van der Waals surface area contributed by atoms with Gasteiger partial charge in [0.1, 0.15) is 6.10 Å². The third-order valence-corrected chi connectivity index (χ3v) is 7.82. The van der Waals surface area contributed by atoms with E-state index in [4.69, 9.17) is 9.47 Å². The van der Waals surface area contributed by atoms with Crippen molar-refractivity contribution >= 4 is 5.97 Å². The van der Waals surface area contributed by atoms with E-state index in [0.717, 1.165) is 38.2 Å². The number of carbonyl (C=O) groups excluding carboxylic acids is 1. The van der Waals surface area contributed by atoms with Crippen molar-refractivity contribution in [1.82, 2.24) is 0 Å². The monoisotopic (exact) mass is 448 g/mol. The van der Waals surface area contributed by atoms with E-state index in [1.54, 1.807) is 0 Å². The molecule has 0 bridgehead atoms. The van der Waals surface area contributed by atoms with Crippen LogP contribution in [0, 0.1) is 5.92 Å². The Bertz CT molecular complexity index is 844. The lowest BCUT2D eigenvalue weighted by Crippen LogP contribution is -2.28. The normalized spacial score (nSPS) is 26.5. The van der Waals surface area contributed by atoms with Gasteiger partial charge in [0.25, 0.3) is 0 Å². The summed E-state index contributed by atoms with van der Waals surface area (Å²) in [6.45, 7) is 5.16. The highest BCUT2D eigenvalue weighted by atomic mass is 16.5. The highest BCUT2D eigenvalue weighted by molar-refractivity contribution is 5.89. The molecule has 0 radical (unpaired) electrons. The molecule has 0 N–H and O–H groups in total. The van der Waals surface area contributed by atoms with Crippen molar-refractivity contribution in [3.05, 3.63) is 71.3 Å². The van der Waals surface area contributed by atoms with Crippen LogP contribution in [-0.2, 0) is 9.47 Å². The number of esters is 1. The molecule has 0 unspecified atom stereocenters. The van der Waals surface area contributed by atoms with Gasteiger partial charge in [-0.1, -0.05) is 49.4 Å². The smallest absolute Gasteiger partial charge is 0.338 e. The zero-order valence-corrected chi connectivity index (χ0v) is 20.4. The molecule has 2 aliphatic carbocycles. The van der Waals surface area contributed by atoms with Crippen molar-refractivity contribution < 1.29 is 14.3 Å². The van der Waals surface area contributed by atoms with Crippen molar-refractivity contribution in [3.8, 4) is 0 Å². The number of hydrogen-bond acceptors (Lipinski definition) is 3. The SMILES string of the molecule is CCOC1CCC(OC(=O)c2ccc(C3CCC(C[C@H](C)c4ccccc4)CC3)cc2)CC1. The molecule has 178 valence electrons. The van der Waals surface area contributed by atoms with Crippen LogP contribution < -0.4 is 0 Å². The third kappa shape index (κ3) is 6.69. The lowest BCUT2D eigenvalue weighted by molar-refractivity contribution is -0.0163. The van der Waals surface area contributed by atoms with Gasteiger partial charge in [-0.3, -0.25) is 0 Å². The Morgan fingerprint density at radius 2 is 1.48 bits per heavy atom. The number of benzene rings is 2. The fraction of sp³-hybridized carbons (Fsp3) is 0.567. The van der Waals surface area contributed by atoms with Gasteiger partial charge in [0.05, 0.1) is 11.7 Å². The van der Waals surface area contributed by atoms with Gasteiger partial charge in [-0.05, 0) is 106 Å². The van der Waals surface area contributed by atoms with Gasteiger partial charge in [-0.15, -0.1) is 0 Å². The average molecular weight is 449 g/mol. The molecule has 2 aromatic rings. The lowest BCUT2D eigenvalue weighted by atomic mass is 9.75. The van der Waals surface area contributed by atoms with Crippen LogP contribution >= 0.6 is 0 Å². The maximum atomic E-state index is 12.6. The van der Waals surface area contributed by atoms with E-state index in [9.17, 15) is 4.79 Å². The van der Waals surface area contributed by atoms with E-state index in [1.165, 1.54) is 43.2 Å². The first kappa shape index (κ1) is 24.0. The molecule has 2 fully saturated rings. The Labute approximate surface area is 199 Å². The molecule has 1 atom stereocenters. The van der Waals surface area contributed by atoms with Gasteiger partial charge in [0.2, 0.25) is 0 Å². The fourth-order valence-corrected chi connectivity index (χ4v) is 5.81. The topological polar surface area (TPSA) is 35.5 Å². The Hall–Kier alpha value is -2.13. The molecule has 33 heavy (non-hydrogen) atoms. The number of hydrogen-bond donors (Lipinski definition) is 0. The molecule has 0 saturated heterocycles. The van der Waals surface area contributed by atoms with Crippen molar-refractivity contribution in [2.24, 2.45) is 5.92 Å². The summed E-state index contributed by atoms with van der Waals surface area (Å²) in [7, 11) is 0. The molecule has 0 aromatic heterocycles. The first-order chi connectivity index (χ1) is 16.1. The molecular weight excluding hydrogens is 408 g/mol. The second-order valence-corrected chi connectivity index (χ2v) is 10.1. The summed E-state index contributed by atoms with van der Waals surface area (Å²) in [6.07, 6.45) is 10.5. The highest BCUT2D eigenvalue weighted by Crippen LogP contribution is 2.39. The van der Waals surface area contributed by atoms with Crippen molar-refractivity contribution in [3.63, 3.8) is 0 Å². The van der Waals surface area contributed by atoms with Crippen LogP contribution in [-0.4, -0.2) is 24.8 Å². The summed E-state index contributed by atoms with van der Waals surface area (Å²) in [6, 6.07) is 19.1. The zero-order chi connectivity index (χ0) is 23.0. The van der Waals surface area contributed by atoms with Crippen LogP contribution in [0.5, 0.6) is 0 Å². The van der Waals surface area contributed by atoms with Crippen LogP contribution in [0.2, 0.25) is 0 Å². The lowest BCUT2D eigenvalue weighted by Gasteiger charge is -2.30. The van der Waals surface area contributed by atoms with E-state index in [1.807, 2.05) is 19.1 Å². The Morgan fingerprint density at radius 1 is 0.848 bits per heavy atom. The summed E-state index contributed by atoms with van der Waals surface area (Å²) in [5.41, 5.74) is 3.51. The Morgan fingerprint density at radius 3 is 2.12 bits per heavy atom. The first-order valence-electron chi connectivity index (χ1n) is 13.1. The Balaban J connectivity index is 1.22.